The third kappa shape index (κ3) is 5.80. The van der Waals surface area contributed by atoms with E-state index in [1.807, 2.05) is 0 Å². The highest BCUT2D eigenvalue weighted by molar-refractivity contribution is 4.88. The topological polar surface area (TPSA) is 24.5 Å². The summed E-state index contributed by atoms with van der Waals surface area (Å²) in [5.41, 5.74) is 0. The van der Waals surface area contributed by atoms with Crippen LogP contribution in [-0.2, 0) is 4.74 Å². The molecule has 19 heavy (non-hydrogen) atoms. The van der Waals surface area contributed by atoms with E-state index >= 15 is 0 Å². The van der Waals surface area contributed by atoms with Crippen molar-refractivity contribution >= 4 is 0 Å². The number of nitrogens with zero attached hydrogens (tertiary/aromatic N) is 1. The molecule has 0 aromatic carbocycles. The molecule has 0 aliphatic heterocycles. The van der Waals surface area contributed by atoms with Crippen LogP contribution in [0.3, 0.4) is 0 Å². The van der Waals surface area contributed by atoms with Crippen molar-refractivity contribution in [3.63, 3.8) is 0 Å². The number of hydrogen-bond acceptors (Lipinski definition) is 3. The summed E-state index contributed by atoms with van der Waals surface area (Å²) in [5.74, 6) is 1.59. The van der Waals surface area contributed by atoms with Crippen molar-refractivity contribution < 1.29 is 4.74 Å². The number of nitrogens with one attached hydrogen (secondary N) is 1. The number of ether oxygens (including phenoxy) is 1. The zero-order chi connectivity index (χ0) is 14.4. The Morgan fingerprint density at radius 3 is 2.26 bits per heavy atom. The minimum Gasteiger partial charge on any atom is -0.383 e. The number of hydrogen-bond donors (Lipinski definition) is 1. The highest BCUT2D eigenvalue weighted by atomic mass is 16.5. The lowest BCUT2D eigenvalue weighted by molar-refractivity contribution is 0.0657. The van der Waals surface area contributed by atoms with Gasteiger partial charge in [0.1, 0.15) is 0 Å². The second-order valence-electron chi connectivity index (χ2n) is 6.59. The molecular formula is C16H34N2O. The predicted octanol–water partition coefficient (Wildman–Crippen LogP) is 2.76. The average molecular weight is 270 g/mol. The van der Waals surface area contributed by atoms with E-state index in [1.165, 1.54) is 12.8 Å². The molecule has 0 radical (unpaired) electrons. The summed E-state index contributed by atoms with van der Waals surface area (Å²) in [6, 6.07) is 1.88. The molecule has 3 unspecified atom stereocenters. The molecule has 0 bridgehead atoms. The van der Waals surface area contributed by atoms with E-state index in [1.54, 1.807) is 7.11 Å². The van der Waals surface area contributed by atoms with Crippen molar-refractivity contribution in [1.82, 2.24) is 10.2 Å². The quantitative estimate of drug-likeness (QED) is 0.660. The minimum atomic E-state index is 0.572. The molecule has 0 heterocycles. The number of rotatable bonds is 10. The lowest BCUT2D eigenvalue weighted by Crippen LogP contribution is -2.48. The van der Waals surface area contributed by atoms with Gasteiger partial charge in [-0.15, -0.1) is 0 Å². The lowest BCUT2D eigenvalue weighted by atomic mass is 9.99. The molecule has 114 valence electrons. The van der Waals surface area contributed by atoms with Gasteiger partial charge in [-0.25, -0.2) is 0 Å². The monoisotopic (exact) mass is 270 g/mol. The summed E-state index contributed by atoms with van der Waals surface area (Å²) in [7, 11) is 1.80. The van der Waals surface area contributed by atoms with Crippen molar-refractivity contribution in [3.05, 3.63) is 0 Å². The first-order chi connectivity index (χ1) is 8.97. The molecule has 3 nitrogen and oxygen atoms in total. The van der Waals surface area contributed by atoms with Gasteiger partial charge in [-0.3, -0.25) is 4.90 Å². The van der Waals surface area contributed by atoms with Gasteiger partial charge < -0.3 is 10.1 Å². The zero-order valence-corrected chi connectivity index (χ0v) is 13.8. The van der Waals surface area contributed by atoms with Gasteiger partial charge in [-0.2, -0.15) is 0 Å². The van der Waals surface area contributed by atoms with E-state index in [0.29, 0.717) is 24.0 Å². The van der Waals surface area contributed by atoms with Crippen LogP contribution in [-0.4, -0.2) is 49.8 Å². The maximum atomic E-state index is 5.29. The summed E-state index contributed by atoms with van der Waals surface area (Å²) < 4.78 is 5.29. The van der Waals surface area contributed by atoms with Crippen LogP contribution in [0.25, 0.3) is 0 Å². The molecule has 0 aromatic heterocycles. The van der Waals surface area contributed by atoms with Gasteiger partial charge in [0.05, 0.1) is 6.61 Å². The van der Waals surface area contributed by atoms with Crippen LogP contribution in [0.1, 0.15) is 47.5 Å². The Labute approximate surface area is 120 Å². The lowest BCUT2D eigenvalue weighted by Gasteiger charge is -2.38. The molecule has 0 amide bonds. The molecule has 1 fully saturated rings. The van der Waals surface area contributed by atoms with Crippen molar-refractivity contribution in [2.24, 2.45) is 11.8 Å². The van der Waals surface area contributed by atoms with Crippen molar-refractivity contribution in [1.29, 1.82) is 0 Å². The predicted molar refractivity (Wildman–Crippen MR) is 82.5 cm³/mol. The molecule has 1 aliphatic carbocycles. The Morgan fingerprint density at radius 1 is 1.16 bits per heavy atom. The Kier molecular flexibility index (Phi) is 7.33. The fraction of sp³-hybridized carbons (Fsp3) is 1.00. The SMILES string of the molecule is COCCN(C(C)C(C)CNC(C)C)C(C)C1CC1. The maximum Gasteiger partial charge on any atom is 0.0589 e. The van der Waals surface area contributed by atoms with Gasteiger partial charge in [-0.05, 0) is 45.1 Å². The first kappa shape index (κ1) is 16.9. The molecule has 0 saturated heterocycles. The van der Waals surface area contributed by atoms with Gasteiger partial charge in [0.25, 0.3) is 0 Å². The largest absolute Gasteiger partial charge is 0.383 e. The highest BCUT2D eigenvalue weighted by Gasteiger charge is 2.34. The van der Waals surface area contributed by atoms with Crippen LogP contribution in [0.15, 0.2) is 0 Å². The standard InChI is InChI=1S/C16H34N2O/c1-12(2)17-11-13(3)14(4)18(9-10-19-6)15(5)16-7-8-16/h12-17H,7-11H2,1-6H3. The van der Waals surface area contributed by atoms with Crippen LogP contribution >= 0.6 is 0 Å². The third-order valence-corrected chi connectivity index (χ3v) is 4.58. The Bertz CT molecular complexity index is 241. The molecule has 1 rings (SSSR count). The molecule has 0 spiro atoms. The Hall–Kier alpha value is -0.120. The third-order valence-electron chi connectivity index (χ3n) is 4.58. The van der Waals surface area contributed by atoms with Crippen LogP contribution in [0.4, 0.5) is 0 Å². The van der Waals surface area contributed by atoms with Crippen molar-refractivity contribution in [3.8, 4) is 0 Å². The molecule has 0 aromatic rings. The van der Waals surface area contributed by atoms with E-state index in [-0.39, 0.29) is 0 Å². The van der Waals surface area contributed by atoms with E-state index in [4.69, 9.17) is 4.74 Å². The first-order valence-corrected chi connectivity index (χ1v) is 7.95. The summed E-state index contributed by atoms with van der Waals surface area (Å²) in [5, 5.41) is 3.56. The Morgan fingerprint density at radius 2 is 1.79 bits per heavy atom. The Balaban J connectivity index is 2.50. The van der Waals surface area contributed by atoms with Gasteiger partial charge in [0.15, 0.2) is 0 Å². The van der Waals surface area contributed by atoms with Crippen LogP contribution in [0, 0.1) is 11.8 Å². The molecule has 3 heteroatoms. The molecule has 3 atom stereocenters. The van der Waals surface area contributed by atoms with Crippen LogP contribution in [0.2, 0.25) is 0 Å². The zero-order valence-electron chi connectivity index (χ0n) is 13.8. The fourth-order valence-corrected chi connectivity index (χ4v) is 2.74. The molecule has 1 N–H and O–H groups in total. The van der Waals surface area contributed by atoms with Gasteiger partial charge in [0.2, 0.25) is 0 Å². The molecule has 1 saturated carbocycles. The normalized spacial score (nSPS) is 20.8. The average Bonchev–Trinajstić information content (AvgIpc) is 3.19. The van der Waals surface area contributed by atoms with Crippen LogP contribution in [0.5, 0.6) is 0 Å². The second-order valence-corrected chi connectivity index (χ2v) is 6.59. The summed E-state index contributed by atoms with van der Waals surface area (Å²) in [6.07, 6.45) is 2.83. The maximum absolute atomic E-state index is 5.29. The van der Waals surface area contributed by atoms with Gasteiger partial charge >= 0.3 is 0 Å². The van der Waals surface area contributed by atoms with E-state index < -0.39 is 0 Å². The van der Waals surface area contributed by atoms with Gasteiger partial charge in [0, 0.05) is 31.8 Å². The van der Waals surface area contributed by atoms with Gasteiger partial charge in [-0.1, -0.05) is 20.8 Å². The summed E-state index contributed by atoms with van der Waals surface area (Å²) >= 11 is 0. The van der Waals surface area contributed by atoms with E-state index in [2.05, 4.69) is 44.8 Å². The minimum absolute atomic E-state index is 0.572. The smallest absolute Gasteiger partial charge is 0.0589 e. The summed E-state index contributed by atoms with van der Waals surface area (Å²) in [6.45, 7) is 14.6. The first-order valence-electron chi connectivity index (χ1n) is 7.95. The van der Waals surface area contributed by atoms with E-state index in [0.717, 1.165) is 25.6 Å². The van der Waals surface area contributed by atoms with Crippen molar-refractivity contribution in [2.75, 3.05) is 26.8 Å². The summed E-state index contributed by atoms with van der Waals surface area (Å²) in [4.78, 5) is 2.66. The molecule has 1 aliphatic rings. The highest BCUT2D eigenvalue weighted by Crippen LogP contribution is 2.36. The number of methoxy groups -OCH3 is 1. The van der Waals surface area contributed by atoms with Crippen molar-refractivity contribution in [2.45, 2.75) is 65.6 Å². The second kappa shape index (κ2) is 8.23. The molecular weight excluding hydrogens is 236 g/mol. The van der Waals surface area contributed by atoms with Crippen LogP contribution < -0.4 is 5.32 Å². The van der Waals surface area contributed by atoms with E-state index in [9.17, 15) is 0 Å². The fourth-order valence-electron chi connectivity index (χ4n) is 2.74.